The molecule has 0 atom stereocenters. The standard InChI is InChI=1S/C10H14.C7H10/c1-10(2,3)9-7-5-4-6-8-9;1-3-5-7-6-4-2/h4-8H,1-3H3;3-7H,1H2,2H3/b;6-4-,7-5-. The van der Waals surface area contributed by atoms with Crippen molar-refractivity contribution in [3.63, 3.8) is 0 Å². The van der Waals surface area contributed by atoms with E-state index in [0.717, 1.165) is 0 Å². The number of allylic oxidation sites excluding steroid dienone is 5. The molecule has 0 aliphatic rings. The molecule has 0 aliphatic carbocycles. The van der Waals surface area contributed by atoms with Crippen LogP contribution in [0.15, 0.2) is 67.3 Å². The SMILES string of the molecule is C=C/C=C\C=C/C.CC(C)(C)c1ccccc1. The molecule has 0 heterocycles. The molecule has 0 heteroatoms. The summed E-state index contributed by atoms with van der Waals surface area (Å²) in [5, 5.41) is 0. The van der Waals surface area contributed by atoms with Gasteiger partial charge in [-0.25, -0.2) is 0 Å². The van der Waals surface area contributed by atoms with Crippen LogP contribution in [-0.4, -0.2) is 0 Å². The molecule has 0 spiro atoms. The molecule has 92 valence electrons. The molecule has 1 rings (SSSR count). The van der Waals surface area contributed by atoms with Crippen LogP contribution in [0.2, 0.25) is 0 Å². The molecule has 0 saturated carbocycles. The number of benzene rings is 1. The van der Waals surface area contributed by atoms with Gasteiger partial charge in [-0.2, -0.15) is 0 Å². The predicted octanol–water partition coefficient (Wildman–Crippen LogP) is 5.29. The van der Waals surface area contributed by atoms with Crippen molar-refractivity contribution in [1.29, 1.82) is 0 Å². The van der Waals surface area contributed by atoms with Gasteiger partial charge < -0.3 is 0 Å². The molecule has 0 fully saturated rings. The van der Waals surface area contributed by atoms with Crippen LogP contribution in [0.3, 0.4) is 0 Å². The van der Waals surface area contributed by atoms with Gasteiger partial charge in [0.05, 0.1) is 0 Å². The minimum atomic E-state index is 0.293. The molecular weight excluding hydrogens is 204 g/mol. The van der Waals surface area contributed by atoms with Gasteiger partial charge in [0.25, 0.3) is 0 Å². The quantitative estimate of drug-likeness (QED) is 0.603. The van der Waals surface area contributed by atoms with Crippen LogP contribution in [0.25, 0.3) is 0 Å². The minimum Gasteiger partial charge on any atom is -0.0991 e. The smallest absolute Gasteiger partial charge is 0.0132 e. The summed E-state index contributed by atoms with van der Waals surface area (Å²) in [6.07, 6.45) is 9.51. The molecule has 0 aliphatic heterocycles. The lowest BCUT2D eigenvalue weighted by Crippen LogP contribution is -2.10. The summed E-state index contributed by atoms with van der Waals surface area (Å²) in [6.45, 7) is 12.2. The van der Waals surface area contributed by atoms with Gasteiger partial charge in [0.15, 0.2) is 0 Å². The van der Waals surface area contributed by atoms with Crippen molar-refractivity contribution < 1.29 is 0 Å². The van der Waals surface area contributed by atoms with Gasteiger partial charge in [0, 0.05) is 0 Å². The topological polar surface area (TPSA) is 0 Å². The highest BCUT2D eigenvalue weighted by atomic mass is 14.2. The zero-order valence-corrected chi connectivity index (χ0v) is 11.5. The molecule has 0 N–H and O–H groups in total. The fourth-order valence-corrected chi connectivity index (χ4v) is 1.19. The molecule has 0 nitrogen and oxygen atoms in total. The van der Waals surface area contributed by atoms with Gasteiger partial charge in [0.1, 0.15) is 0 Å². The van der Waals surface area contributed by atoms with E-state index >= 15 is 0 Å². The summed E-state index contributed by atoms with van der Waals surface area (Å²) >= 11 is 0. The minimum absolute atomic E-state index is 0.293. The van der Waals surface area contributed by atoms with Crippen molar-refractivity contribution in [3.8, 4) is 0 Å². The van der Waals surface area contributed by atoms with E-state index in [2.05, 4.69) is 57.7 Å². The Hall–Kier alpha value is -1.56. The first-order valence-electron chi connectivity index (χ1n) is 5.98. The second kappa shape index (κ2) is 8.58. The van der Waals surface area contributed by atoms with Gasteiger partial charge in [-0.3, -0.25) is 0 Å². The van der Waals surface area contributed by atoms with E-state index < -0.39 is 0 Å². The van der Waals surface area contributed by atoms with Crippen molar-refractivity contribution in [2.24, 2.45) is 0 Å². The van der Waals surface area contributed by atoms with Crippen LogP contribution in [0.5, 0.6) is 0 Å². The summed E-state index contributed by atoms with van der Waals surface area (Å²) in [7, 11) is 0. The summed E-state index contributed by atoms with van der Waals surface area (Å²) in [4.78, 5) is 0. The molecule has 0 radical (unpaired) electrons. The largest absolute Gasteiger partial charge is 0.0991 e. The fraction of sp³-hybridized carbons (Fsp3) is 0.294. The van der Waals surface area contributed by atoms with E-state index in [9.17, 15) is 0 Å². The van der Waals surface area contributed by atoms with Gasteiger partial charge in [-0.1, -0.05) is 88.1 Å². The normalized spacial score (nSPS) is 11.3. The first-order valence-corrected chi connectivity index (χ1v) is 5.98. The highest BCUT2D eigenvalue weighted by Crippen LogP contribution is 2.20. The van der Waals surface area contributed by atoms with E-state index in [1.54, 1.807) is 6.08 Å². The second-order valence-corrected chi connectivity index (χ2v) is 4.76. The third-order valence-corrected chi connectivity index (χ3v) is 2.19. The van der Waals surface area contributed by atoms with Crippen molar-refractivity contribution in [3.05, 3.63) is 72.9 Å². The molecule has 0 aromatic heterocycles. The zero-order valence-electron chi connectivity index (χ0n) is 11.5. The number of rotatable bonds is 2. The molecular formula is C17H24. The lowest BCUT2D eigenvalue weighted by atomic mass is 9.87. The number of hydrogen-bond acceptors (Lipinski definition) is 0. The molecule has 1 aromatic carbocycles. The van der Waals surface area contributed by atoms with Crippen LogP contribution in [0.1, 0.15) is 33.3 Å². The Labute approximate surface area is 106 Å². The van der Waals surface area contributed by atoms with E-state index in [1.807, 2.05) is 31.2 Å². The molecule has 0 bridgehead atoms. The lowest BCUT2D eigenvalue weighted by molar-refractivity contribution is 0.590. The second-order valence-electron chi connectivity index (χ2n) is 4.76. The van der Waals surface area contributed by atoms with Crippen LogP contribution in [0.4, 0.5) is 0 Å². The highest BCUT2D eigenvalue weighted by Gasteiger charge is 2.11. The number of hydrogen-bond donors (Lipinski definition) is 0. The Balaban J connectivity index is 0.000000325. The van der Waals surface area contributed by atoms with Crippen LogP contribution in [0, 0.1) is 0 Å². The van der Waals surface area contributed by atoms with Gasteiger partial charge in [-0.15, -0.1) is 0 Å². The van der Waals surface area contributed by atoms with Crippen LogP contribution < -0.4 is 0 Å². The molecule has 0 amide bonds. The molecule has 0 unspecified atom stereocenters. The van der Waals surface area contributed by atoms with Crippen LogP contribution in [-0.2, 0) is 5.41 Å². The lowest BCUT2D eigenvalue weighted by Gasteiger charge is -2.18. The van der Waals surface area contributed by atoms with Crippen LogP contribution >= 0.6 is 0 Å². The average molecular weight is 228 g/mol. The molecule has 17 heavy (non-hydrogen) atoms. The van der Waals surface area contributed by atoms with Gasteiger partial charge in [-0.05, 0) is 17.9 Å². The van der Waals surface area contributed by atoms with Gasteiger partial charge >= 0.3 is 0 Å². The summed E-state index contributed by atoms with van der Waals surface area (Å²) in [5.74, 6) is 0. The maximum absolute atomic E-state index is 3.51. The molecule has 1 aromatic rings. The maximum atomic E-state index is 3.51. The Kier molecular flexibility index (Phi) is 7.79. The first-order chi connectivity index (χ1) is 8.02. The Morgan fingerprint density at radius 1 is 0.941 bits per heavy atom. The molecule has 0 saturated heterocycles. The third-order valence-electron chi connectivity index (χ3n) is 2.19. The monoisotopic (exact) mass is 228 g/mol. The van der Waals surface area contributed by atoms with Crippen molar-refractivity contribution in [2.75, 3.05) is 0 Å². The summed E-state index contributed by atoms with van der Waals surface area (Å²) in [5.41, 5.74) is 1.69. The van der Waals surface area contributed by atoms with Crippen molar-refractivity contribution >= 4 is 0 Å². The Bertz CT molecular complexity index is 347. The fourth-order valence-electron chi connectivity index (χ4n) is 1.19. The summed E-state index contributed by atoms with van der Waals surface area (Å²) in [6, 6.07) is 10.6. The van der Waals surface area contributed by atoms with E-state index in [4.69, 9.17) is 0 Å². The first kappa shape index (κ1) is 15.4. The van der Waals surface area contributed by atoms with Crippen molar-refractivity contribution in [1.82, 2.24) is 0 Å². The van der Waals surface area contributed by atoms with E-state index in [-0.39, 0.29) is 0 Å². The Morgan fingerprint density at radius 2 is 1.53 bits per heavy atom. The Morgan fingerprint density at radius 3 is 1.88 bits per heavy atom. The third kappa shape index (κ3) is 8.27. The average Bonchev–Trinajstić information content (AvgIpc) is 2.31. The summed E-state index contributed by atoms with van der Waals surface area (Å²) < 4.78 is 0. The predicted molar refractivity (Wildman–Crippen MR) is 79.3 cm³/mol. The zero-order chi connectivity index (χ0) is 13.1. The highest BCUT2D eigenvalue weighted by molar-refractivity contribution is 5.21. The maximum Gasteiger partial charge on any atom is -0.0132 e. The van der Waals surface area contributed by atoms with E-state index in [1.165, 1.54) is 5.56 Å². The van der Waals surface area contributed by atoms with E-state index in [0.29, 0.717) is 5.41 Å². The van der Waals surface area contributed by atoms with Crippen molar-refractivity contribution in [2.45, 2.75) is 33.1 Å². The van der Waals surface area contributed by atoms with Gasteiger partial charge in [0.2, 0.25) is 0 Å².